The van der Waals surface area contributed by atoms with E-state index in [0.717, 1.165) is 36.7 Å². The molecule has 5 heteroatoms. The Morgan fingerprint density at radius 2 is 1.60 bits per heavy atom. The van der Waals surface area contributed by atoms with Gasteiger partial charge in [-0.2, -0.15) is 0 Å². The molecular formula is C25H29N2O3+. The zero-order chi connectivity index (χ0) is 20.4. The molecule has 1 fully saturated rings. The number of benzene rings is 2. The number of amides is 1. The van der Waals surface area contributed by atoms with E-state index in [4.69, 9.17) is 9.47 Å². The van der Waals surface area contributed by atoms with Gasteiger partial charge in [-0.15, -0.1) is 0 Å². The number of para-hydroxylation sites is 1. The molecule has 30 heavy (non-hydrogen) atoms. The summed E-state index contributed by atoms with van der Waals surface area (Å²) in [6, 6.07) is 18.7. The maximum Gasteiger partial charge on any atom is 0.296 e. The minimum Gasteiger partial charge on any atom is -0.334 e. The molecule has 0 bridgehead atoms. The Morgan fingerprint density at radius 1 is 0.933 bits per heavy atom. The van der Waals surface area contributed by atoms with Crippen molar-refractivity contribution in [2.45, 2.75) is 25.0 Å². The zero-order valence-corrected chi connectivity index (χ0v) is 17.3. The van der Waals surface area contributed by atoms with Crippen LogP contribution in [0.3, 0.4) is 0 Å². The molecule has 2 aromatic rings. The molecule has 2 aromatic carbocycles. The third kappa shape index (κ3) is 3.58. The fourth-order valence-electron chi connectivity index (χ4n) is 4.95. The average molecular weight is 406 g/mol. The third-order valence-corrected chi connectivity index (χ3v) is 6.57. The number of piperidine rings is 1. The first-order valence-electron chi connectivity index (χ1n) is 11.0. The zero-order valence-electron chi connectivity index (χ0n) is 17.3. The number of carbonyl (C=O) groups is 1. The predicted molar refractivity (Wildman–Crippen MR) is 115 cm³/mol. The monoisotopic (exact) mass is 405 g/mol. The van der Waals surface area contributed by atoms with Crippen molar-refractivity contribution in [3.05, 3.63) is 77.9 Å². The van der Waals surface area contributed by atoms with Gasteiger partial charge in [-0.05, 0) is 36.8 Å². The first kappa shape index (κ1) is 19.5. The number of fused-ring (bicyclic) bond motifs is 2. The van der Waals surface area contributed by atoms with Crippen molar-refractivity contribution in [1.82, 2.24) is 0 Å². The molecule has 3 aliphatic rings. The molecule has 3 heterocycles. The van der Waals surface area contributed by atoms with Gasteiger partial charge in [0.25, 0.3) is 11.7 Å². The molecule has 5 nitrogen and oxygen atoms in total. The number of likely N-dealkylation sites (tertiary alicyclic amines) is 1. The largest absolute Gasteiger partial charge is 0.334 e. The Morgan fingerprint density at radius 3 is 2.33 bits per heavy atom. The Bertz CT molecular complexity index is 909. The van der Waals surface area contributed by atoms with Crippen LogP contribution in [0.2, 0.25) is 0 Å². The van der Waals surface area contributed by atoms with Gasteiger partial charge in [-0.1, -0.05) is 60.7 Å². The van der Waals surface area contributed by atoms with Crippen molar-refractivity contribution in [3.63, 3.8) is 0 Å². The second-order valence-corrected chi connectivity index (χ2v) is 8.50. The van der Waals surface area contributed by atoms with E-state index < -0.39 is 5.79 Å². The summed E-state index contributed by atoms with van der Waals surface area (Å²) in [5.41, 5.74) is 3.17. The minimum absolute atomic E-state index is 0.0914. The van der Waals surface area contributed by atoms with E-state index >= 15 is 0 Å². The Hall–Kier alpha value is -2.47. The maximum atomic E-state index is 13.5. The number of rotatable bonds is 4. The molecular weight excluding hydrogens is 376 g/mol. The van der Waals surface area contributed by atoms with Gasteiger partial charge in [0.15, 0.2) is 6.67 Å². The fraction of sp³-hybridized carbons (Fsp3) is 0.400. The summed E-state index contributed by atoms with van der Waals surface area (Å²) < 4.78 is 12.0. The van der Waals surface area contributed by atoms with Gasteiger partial charge >= 0.3 is 0 Å². The summed E-state index contributed by atoms with van der Waals surface area (Å²) in [6.07, 6.45) is 7.36. The van der Waals surface area contributed by atoms with Crippen LogP contribution in [0.25, 0.3) is 0 Å². The first-order chi connectivity index (χ1) is 14.8. The Labute approximate surface area is 177 Å². The number of quaternary nitrogens is 1. The fourth-order valence-corrected chi connectivity index (χ4v) is 4.95. The highest BCUT2D eigenvalue weighted by Crippen LogP contribution is 2.43. The van der Waals surface area contributed by atoms with Crippen LogP contribution in [0.5, 0.6) is 0 Å². The molecule has 0 radical (unpaired) electrons. The summed E-state index contributed by atoms with van der Waals surface area (Å²) in [5, 5.41) is 0. The number of nitrogens with one attached hydrogen (secondary N) is 1. The number of nitrogens with zero attached hydrogens (tertiary/aromatic N) is 1. The van der Waals surface area contributed by atoms with Gasteiger partial charge in [-0.25, -0.2) is 0 Å². The van der Waals surface area contributed by atoms with Crippen LogP contribution in [-0.2, 0) is 26.5 Å². The second kappa shape index (κ2) is 8.34. The highest BCUT2D eigenvalue weighted by atomic mass is 16.7. The van der Waals surface area contributed by atoms with Crippen LogP contribution in [0, 0.1) is 5.92 Å². The van der Waals surface area contributed by atoms with E-state index in [1.165, 1.54) is 23.3 Å². The standard InChI is InChI=1S/C25H28N2O3/c28-24-25(29-16-6-7-17-30-25)22-10-4-5-11-23(22)27(24)19-26-14-12-21(13-15-26)18-20-8-2-1-3-9-20/h1-11,21H,12-19H2/p+1. The molecule has 1 N–H and O–H groups in total. The summed E-state index contributed by atoms with van der Waals surface area (Å²) >= 11 is 0. The summed E-state index contributed by atoms with van der Waals surface area (Å²) in [5.74, 6) is -0.666. The van der Waals surface area contributed by atoms with Crippen LogP contribution in [0.15, 0.2) is 66.7 Å². The molecule has 0 saturated carbocycles. The van der Waals surface area contributed by atoms with Crippen LogP contribution in [0.4, 0.5) is 5.69 Å². The highest BCUT2D eigenvalue weighted by molar-refractivity contribution is 6.05. The SMILES string of the molecule is O=C1N(C[NH+]2CCC(Cc3ccccc3)CC2)c2ccccc2C12OCC=CCO2. The average Bonchev–Trinajstić information content (AvgIpc) is 2.95. The van der Waals surface area contributed by atoms with Crippen LogP contribution in [-0.4, -0.2) is 38.9 Å². The Kier molecular flexibility index (Phi) is 5.42. The van der Waals surface area contributed by atoms with E-state index in [9.17, 15) is 4.79 Å². The molecule has 0 aliphatic carbocycles. The van der Waals surface area contributed by atoms with Crippen molar-refractivity contribution < 1.29 is 19.2 Å². The van der Waals surface area contributed by atoms with Gasteiger partial charge < -0.3 is 14.4 Å². The smallest absolute Gasteiger partial charge is 0.296 e. The normalized spacial score (nSPS) is 25.3. The number of anilines is 1. The van der Waals surface area contributed by atoms with Gasteiger partial charge in [0, 0.05) is 5.56 Å². The molecule has 5 rings (SSSR count). The van der Waals surface area contributed by atoms with Gasteiger partial charge in [0.05, 0.1) is 32.0 Å². The summed E-state index contributed by atoms with van der Waals surface area (Å²) in [7, 11) is 0. The molecule has 0 aromatic heterocycles. The lowest BCUT2D eigenvalue weighted by Gasteiger charge is -2.32. The highest BCUT2D eigenvalue weighted by Gasteiger charge is 2.54. The lowest BCUT2D eigenvalue weighted by molar-refractivity contribution is -0.904. The molecule has 3 aliphatic heterocycles. The first-order valence-corrected chi connectivity index (χ1v) is 11.0. The van der Waals surface area contributed by atoms with Crippen LogP contribution in [0.1, 0.15) is 24.0 Å². The number of hydrogen-bond donors (Lipinski definition) is 1. The number of carbonyl (C=O) groups excluding carboxylic acids is 1. The van der Waals surface area contributed by atoms with Crippen molar-refractivity contribution >= 4 is 11.6 Å². The molecule has 0 unspecified atom stereocenters. The Balaban J connectivity index is 1.27. The van der Waals surface area contributed by atoms with Crippen molar-refractivity contribution in [1.29, 1.82) is 0 Å². The van der Waals surface area contributed by atoms with Gasteiger partial charge in [-0.3, -0.25) is 9.69 Å². The van der Waals surface area contributed by atoms with E-state index in [1.54, 1.807) is 0 Å². The minimum atomic E-state index is -1.30. The molecule has 1 spiro atoms. The van der Waals surface area contributed by atoms with Crippen molar-refractivity contribution in [2.75, 3.05) is 37.9 Å². The summed E-state index contributed by atoms with van der Waals surface area (Å²) in [4.78, 5) is 16.8. The molecule has 156 valence electrons. The lowest BCUT2D eigenvalue weighted by Crippen LogP contribution is -3.14. The number of ether oxygens (including phenoxy) is 2. The third-order valence-electron chi connectivity index (χ3n) is 6.57. The van der Waals surface area contributed by atoms with E-state index in [2.05, 4.69) is 30.3 Å². The second-order valence-electron chi connectivity index (χ2n) is 8.50. The predicted octanol–water partition coefficient (Wildman–Crippen LogP) is 2.28. The molecule has 1 saturated heterocycles. The summed E-state index contributed by atoms with van der Waals surface area (Å²) in [6.45, 7) is 3.59. The van der Waals surface area contributed by atoms with E-state index in [0.29, 0.717) is 19.9 Å². The van der Waals surface area contributed by atoms with Crippen molar-refractivity contribution in [2.24, 2.45) is 5.92 Å². The van der Waals surface area contributed by atoms with Gasteiger partial charge in [0.1, 0.15) is 0 Å². The lowest BCUT2D eigenvalue weighted by atomic mass is 9.90. The van der Waals surface area contributed by atoms with Crippen LogP contribution >= 0.6 is 0 Å². The molecule has 0 atom stereocenters. The number of hydrogen-bond acceptors (Lipinski definition) is 3. The van der Waals surface area contributed by atoms with Crippen LogP contribution < -0.4 is 9.80 Å². The van der Waals surface area contributed by atoms with Gasteiger partial charge in [0.2, 0.25) is 0 Å². The quantitative estimate of drug-likeness (QED) is 0.794. The maximum absolute atomic E-state index is 13.5. The topological polar surface area (TPSA) is 43.2 Å². The van der Waals surface area contributed by atoms with Crippen molar-refractivity contribution in [3.8, 4) is 0 Å². The van der Waals surface area contributed by atoms with E-state index in [1.807, 2.05) is 41.3 Å². The molecule has 1 amide bonds. The van der Waals surface area contributed by atoms with E-state index in [-0.39, 0.29) is 5.91 Å².